The molecule has 4 rings (SSSR count). The van der Waals surface area contributed by atoms with Gasteiger partial charge in [-0.3, -0.25) is 9.79 Å². The number of carbonyl (C=O) groups excluding carboxylic acids is 1. The molecule has 2 aromatic carbocycles. The number of nitrogens with one attached hydrogen (secondary N) is 3. The molecule has 8 nitrogen and oxygen atoms in total. The summed E-state index contributed by atoms with van der Waals surface area (Å²) in [5.41, 5.74) is 2.60. The molecular formula is C22H24N5O3+. The number of nitrogens with zero attached hydrogens (tertiary/aromatic N) is 2. The molecule has 0 radical (unpaired) electrons. The van der Waals surface area contributed by atoms with Crippen molar-refractivity contribution in [2.24, 2.45) is 0 Å². The van der Waals surface area contributed by atoms with Crippen molar-refractivity contribution in [3.05, 3.63) is 53.7 Å². The SMILES string of the molecule is CCOc1ccc2nc(NC3=[NH+]C(c4ccc(OC)cc4)CC(=O)N3)nc(C)c2c1. The molecule has 1 atom stereocenters. The molecule has 1 aliphatic rings. The first-order valence-corrected chi connectivity index (χ1v) is 9.81. The van der Waals surface area contributed by atoms with Crippen LogP contribution in [0.4, 0.5) is 5.95 Å². The van der Waals surface area contributed by atoms with E-state index in [1.54, 1.807) is 7.11 Å². The predicted octanol–water partition coefficient (Wildman–Crippen LogP) is 1.46. The molecule has 3 aromatic rings. The molecule has 1 unspecified atom stereocenters. The number of amides is 1. The van der Waals surface area contributed by atoms with E-state index in [2.05, 4.69) is 25.6 Å². The average molecular weight is 406 g/mol. The monoisotopic (exact) mass is 406 g/mol. The van der Waals surface area contributed by atoms with Gasteiger partial charge in [0.05, 0.1) is 31.3 Å². The Bertz CT molecular complexity index is 1110. The fourth-order valence-corrected chi connectivity index (χ4v) is 3.43. The van der Waals surface area contributed by atoms with Crippen molar-refractivity contribution >= 4 is 28.7 Å². The first-order valence-electron chi connectivity index (χ1n) is 9.81. The quantitative estimate of drug-likeness (QED) is 0.593. The normalized spacial score (nSPS) is 16.0. The Morgan fingerprint density at radius 3 is 2.67 bits per heavy atom. The van der Waals surface area contributed by atoms with Gasteiger partial charge in [0.15, 0.2) is 0 Å². The topological polar surface area (TPSA) is 99.3 Å². The lowest BCUT2D eigenvalue weighted by Crippen LogP contribution is -2.82. The van der Waals surface area contributed by atoms with Gasteiger partial charge >= 0.3 is 5.96 Å². The minimum absolute atomic E-state index is 0.0871. The second-order valence-corrected chi connectivity index (χ2v) is 6.97. The van der Waals surface area contributed by atoms with Crippen LogP contribution in [0.2, 0.25) is 0 Å². The third kappa shape index (κ3) is 4.17. The van der Waals surface area contributed by atoms with Gasteiger partial charge in [0.2, 0.25) is 0 Å². The van der Waals surface area contributed by atoms with Crippen molar-refractivity contribution in [1.82, 2.24) is 15.3 Å². The van der Waals surface area contributed by atoms with Crippen LogP contribution < -0.4 is 25.1 Å². The number of carbonyl (C=O) groups is 1. The smallest absolute Gasteiger partial charge is 0.358 e. The van der Waals surface area contributed by atoms with Crippen molar-refractivity contribution in [3.8, 4) is 11.5 Å². The Kier molecular flexibility index (Phi) is 5.47. The highest BCUT2D eigenvalue weighted by Crippen LogP contribution is 2.23. The number of hydrogen-bond donors (Lipinski definition) is 3. The van der Waals surface area contributed by atoms with Gasteiger partial charge in [-0.25, -0.2) is 15.6 Å². The summed E-state index contributed by atoms with van der Waals surface area (Å²) in [7, 11) is 1.63. The summed E-state index contributed by atoms with van der Waals surface area (Å²) < 4.78 is 10.8. The standard InChI is InChI=1S/C22H23N5O3/c1-4-30-16-9-10-18-17(11-16)13(2)23-21(24-18)27-22-25-19(12-20(28)26-22)14-5-7-15(29-3)8-6-14/h5-11,19H,4,12H2,1-3H3,(H2,23,24,25,26,27,28)/p+1. The van der Waals surface area contributed by atoms with Gasteiger partial charge in [0, 0.05) is 5.39 Å². The first kappa shape index (κ1) is 19.6. The highest BCUT2D eigenvalue weighted by Gasteiger charge is 2.28. The van der Waals surface area contributed by atoms with Gasteiger partial charge in [-0.1, -0.05) is 12.1 Å². The molecule has 1 aromatic heterocycles. The Morgan fingerprint density at radius 1 is 1.17 bits per heavy atom. The number of aryl methyl sites for hydroxylation is 1. The predicted molar refractivity (Wildman–Crippen MR) is 114 cm³/mol. The minimum atomic E-state index is -0.164. The molecule has 0 saturated heterocycles. The van der Waals surface area contributed by atoms with Crippen molar-refractivity contribution in [1.29, 1.82) is 0 Å². The molecule has 0 saturated carbocycles. The highest BCUT2D eigenvalue weighted by molar-refractivity contribution is 6.01. The van der Waals surface area contributed by atoms with E-state index < -0.39 is 0 Å². The van der Waals surface area contributed by atoms with E-state index >= 15 is 0 Å². The van der Waals surface area contributed by atoms with Crippen LogP contribution in [0, 0.1) is 6.92 Å². The summed E-state index contributed by atoms with van der Waals surface area (Å²) in [4.78, 5) is 24.7. The van der Waals surface area contributed by atoms with Crippen LogP contribution in [-0.4, -0.2) is 35.6 Å². The minimum Gasteiger partial charge on any atom is -0.497 e. The second kappa shape index (κ2) is 8.36. The van der Waals surface area contributed by atoms with E-state index in [0.717, 1.165) is 33.7 Å². The van der Waals surface area contributed by atoms with E-state index in [-0.39, 0.29) is 11.9 Å². The second-order valence-electron chi connectivity index (χ2n) is 6.97. The van der Waals surface area contributed by atoms with Gasteiger partial charge in [-0.2, -0.15) is 4.98 Å². The van der Waals surface area contributed by atoms with Gasteiger partial charge in [-0.15, -0.1) is 0 Å². The molecule has 0 spiro atoms. The Balaban J connectivity index is 1.60. The first-order chi connectivity index (χ1) is 14.6. The van der Waals surface area contributed by atoms with Crippen molar-refractivity contribution in [3.63, 3.8) is 0 Å². The van der Waals surface area contributed by atoms with E-state index in [1.807, 2.05) is 56.3 Å². The molecule has 3 N–H and O–H groups in total. The van der Waals surface area contributed by atoms with Crippen LogP contribution in [0.15, 0.2) is 42.5 Å². The van der Waals surface area contributed by atoms with Crippen molar-refractivity contribution in [2.45, 2.75) is 26.3 Å². The number of benzene rings is 2. The van der Waals surface area contributed by atoms with Crippen LogP contribution in [-0.2, 0) is 4.79 Å². The summed E-state index contributed by atoms with van der Waals surface area (Å²) >= 11 is 0. The molecule has 1 aliphatic heterocycles. The van der Waals surface area contributed by atoms with Crippen molar-refractivity contribution in [2.75, 3.05) is 19.0 Å². The summed E-state index contributed by atoms with van der Waals surface area (Å²) in [6.45, 7) is 4.47. The zero-order chi connectivity index (χ0) is 21.1. The van der Waals surface area contributed by atoms with Crippen LogP contribution in [0.5, 0.6) is 11.5 Å². The zero-order valence-electron chi connectivity index (χ0n) is 17.2. The maximum Gasteiger partial charge on any atom is 0.358 e. The number of guanidine groups is 1. The largest absolute Gasteiger partial charge is 0.497 e. The highest BCUT2D eigenvalue weighted by atomic mass is 16.5. The lowest BCUT2D eigenvalue weighted by molar-refractivity contribution is -0.513. The van der Waals surface area contributed by atoms with E-state index in [9.17, 15) is 4.79 Å². The molecule has 154 valence electrons. The van der Waals surface area contributed by atoms with Gasteiger partial charge < -0.3 is 9.47 Å². The van der Waals surface area contributed by atoms with E-state index in [1.165, 1.54) is 0 Å². The Hall–Kier alpha value is -3.68. The summed E-state index contributed by atoms with van der Waals surface area (Å²) in [6.07, 6.45) is 0.329. The maximum absolute atomic E-state index is 12.3. The lowest BCUT2D eigenvalue weighted by atomic mass is 10.0. The molecule has 30 heavy (non-hydrogen) atoms. The lowest BCUT2D eigenvalue weighted by Gasteiger charge is -2.17. The summed E-state index contributed by atoms with van der Waals surface area (Å²) in [5.74, 6) is 2.33. The summed E-state index contributed by atoms with van der Waals surface area (Å²) in [6, 6.07) is 13.2. The van der Waals surface area contributed by atoms with Crippen LogP contribution in [0.1, 0.15) is 30.6 Å². The van der Waals surface area contributed by atoms with Crippen molar-refractivity contribution < 1.29 is 19.3 Å². The van der Waals surface area contributed by atoms with Crippen LogP contribution >= 0.6 is 0 Å². The third-order valence-electron chi connectivity index (χ3n) is 4.90. The molecule has 1 amide bonds. The molecular weight excluding hydrogens is 382 g/mol. The fraction of sp³-hybridized carbons (Fsp3) is 0.273. The van der Waals surface area contributed by atoms with E-state index in [0.29, 0.717) is 24.9 Å². The average Bonchev–Trinajstić information content (AvgIpc) is 2.74. The number of ether oxygens (including phenoxy) is 2. The molecule has 2 heterocycles. The van der Waals surface area contributed by atoms with Gasteiger partial charge in [0.25, 0.3) is 11.9 Å². The number of rotatable bonds is 5. The zero-order valence-corrected chi connectivity index (χ0v) is 17.2. The molecule has 8 heteroatoms. The fourth-order valence-electron chi connectivity index (χ4n) is 3.43. The third-order valence-corrected chi connectivity index (χ3v) is 4.90. The number of fused-ring (bicyclic) bond motifs is 1. The van der Waals surface area contributed by atoms with Crippen LogP contribution in [0.25, 0.3) is 10.9 Å². The van der Waals surface area contributed by atoms with Gasteiger partial charge in [0.1, 0.15) is 17.5 Å². The Labute approximate surface area is 174 Å². The number of methoxy groups -OCH3 is 1. The summed E-state index contributed by atoms with van der Waals surface area (Å²) in [5, 5.41) is 6.84. The van der Waals surface area contributed by atoms with E-state index in [4.69, 9.17) is 9.47 Å². The Morgan fingerprint density at radius 2 is 1.93 bits per heavy atom. The molecule has 0 fully saturated rings. The number of aromatic nitrogens is 2. The maximum atomic E-state index is 12.3. The molecule has 0 bridgehead atoms. The number of hydrogen-bond acceptors (Lipinski definition) is 6. The molecule has 0 aliphatic carbocycles. The van der Waals surface area contributed by atoms with Crippen LogP contribution in [0.3, 0.4) is 0 Å². The van der Waals surface area contributed by atoms with Gasteiger partial charge in [-0.05, 0) is 49.7 Å². The number of anilines is 1.